The van der Waals surface area contributed by atoms with Crippen LogP contribution in [-0.4, -0.2) is 14.2 Å². The summed E-state index contributed by atoms with van der Waals surface area (Å²) in [6.07, 6.45) is 0. The van der Waals surface area contributed by atoms with E-state index in [4.69, 9.17) is 27.9 Å². The first-order chi connectivity index (χ1) is 9.47. The highest BCUT2D eigenvalue weighted by Crippen LogP contribution is 2.39. The van der Waals surface area contributed by atoms with Gasteiger partial charge in [0, 0.05) is 23.3 Å². The summed E-state index contributed by atoms with van der Waals surface area (Å²) in [6.45, 7) is 0. The third kappa shape index (κ3) is 2.91. The molecule has 0 saturated heterocycles. The number of hydrogen-bond acceptors (Lipinski definition) is 3. The second kappa shape index (κ2) is 6.26. The van der Waals surface area contributed by atoms with E-state index in [2.05, 4.69) is 5.32 Å². The van der Waals surface area contributed by atoms with E-state index in [-0.39, 0.29) is 11.3 Å². The number of hydrogen-bond donors (Lipinski definition) is 1. The van der Waals surface area contributed by atoms with Crippen molar-refractivity contribution < 1.29 is 13.5 Å². The molecule has 2 aromatic rings. The van der Waals surface area contributed by atoms with E-state index in [0.717, 1.165) is 23.5 Å². The van der Waals surface area contributed by atoms with E-state index in [9.17, 15) is 8.78 Å². The summed E-state index contributed by atoms with van der Waals surface area (Å²) >= 11 is 13.1. The molecule has 1 unspecified atom stereocenters. The molecule has 7 heteroatoms. The second-order valence-electron chi connectivity index (χ2n) is 4.01. The highest BCUT2D eigenvalue weighted by atomic mass is 35.5. The Bertz CT molecular complexity index is 610. The molecule has 108 valence electrons. The Morgan fingerprint density at radius 3 is 2.20 bits per heavy atom. The minimum Gasteiger partial charge on any atom is -0.497 e. The summed E-state index contributed by atoms with van der Waals surface area (Å²) in [5.41, 5.74) is 0.414. The van der Waals surface area contributed by atoms with Crippen LogP contribution in [0.5, 0.6) is 5.75 Å². The highest BCUT2D eigenvalue weighted by molar-refractivity contribution is 7.20. The van der Waals surface area contributed by atoms with Crippen molar-refractivity contribution in [2.24, 2.45) is 0 Å². The Hall–Kier alpha value is -0.880. The van der Waals surface area contributed by atoms with E-state index >= 15 is 0 Å². The Labute approximate surface area is 129 Å². The normalized spacial score (nSPS) is 12.5. The van der Waals surface area contributed by atoms with Gasteiger partial charge in [-0.25, -0.2) is 8.78 Å². The average Bonchev–Trinajstić information content (AvgIpc) is 2.72. The number of methoxy groups -OCH3 is 1. The number of nitrogens with one attached hydrogen (secondary N) is 1. The van der Waals surface area contributed by atoms with Gasteiger partial charge in [-0.1, -0.05) is 23.2 Å². The molecule has 0 bridgehead atoms. The summed E-state index contributed by atoms with van der Waals surface area (Å²) in [7, 11) is 2.94. The monoisotopic (exact) mass is 337 g/mol. The van der Waals surface area contributed by atoms with Gasteiger partial charge in [-0.05, 0) is 13.1 Å². The van der Waals surface area contributed by atoms with Crippen LogP contribution in [0.1, 0.15) is 17.2 Å². The lowest BCUT2D eigenvalue weighted by atomic mass is 10.00. The lowest BCUT2D eigenvalue weighted by Crippen LogP contribution is -2.20. The number of rotatable bonds is 4. The number of thiophene rings is 1. The third-order valence-electron chi connectivity index (χ3n) is 2.86. The van der Waals surface area contributed by atoms with E-state index in [1.807, 2.05) is 0 Å². The maximum absolute atomic E-state index is 14.1. The molecule has 2 nitrogen and oxygen atoms in total. The van der Waals surface area contributed by atoms with Gasteiger partial charge >= 0.3 is 0 Å². The molecule has 0 radical (unpaired) electrons. The zero-order chi connectivity index (χ0) is 14.9. The lowest BCUT2D eigenvalue weighted by Gasteiger charge is -2.18. The molecule has 0 aliphatic carbocycles. The average molecular weight is 338 g/mol. The van der Waals surface area contributed by atoms with Crippen LogP contribution in [0, 0.1) is 11.6 Å². The van der Waals surface area contributed by atoms with Gasteiger partial charge in [0.05, 0.1) is 21.8 Å². The summed E-state index contributed by atoms with van der Waals surface area (Å²) in [4.78, 5) is 0. The molecule has 0 fully saturated rings. The van der Waals surface area contributed by atoms with Gasteiger partial charge in [-0.2, -0.15) is 0 Å². The minimum absolute atomic E-state index is 0.119. The molecule has 0 spiro atoms. The van der Waals surface area contributed by atoms with Gasteiger partial charge in [-0.3, -0.25) is 0 Å². The first-order valence-corrected chi connectivity index (χ1v) is 7.20. The predicted octanol–water partition coefficient (Wildman–Crippen LogP) is 4.65. The van der Waals surface area contributed by atoms with Crippen LogP contribution in [0.3, 0.4) is 0 Å². The van der Waals surface area contributed by atoms with Crippen LogP contribution >= 0.6 is 34.5 Å². The van der Waals surface area contributed by atoms with Crippen LogP contribution < -0.4 is 10.1 Å². The maximum atomic E-state index is 14.1. The fraction of sp³-hybridized carbons (Fsp3) is 0.231. The fourth-order valence-corrected chi connectivity index (χ4v) is 3.49. The van der Waals surface area contributed by atoms with Crippen LogP contribution in [0.25, 0.3) is 0 Å². The molecule has 1 aromatic heterocycles. The zero-order valence-electron chi connectivity index (χ0n) is 10.6. The third-order valence-corrected chi connectivity index (χ3v) is 4.38. The largest absolute Gasteiger partial charge is 0.497 e. The molecular formula is C13H11Cl2F2NOS. The van der Waals surface area contributed by atoms with Crippen LogP contribution in [0.15, 0.2) is 18.2 Å². The SMILES string of the molecule is CNC(c1cc(Cl)sc1Cl)c1c(F)cc(OC)cc1F. The Kier molecular flexibility index (Phi) is 4.86. The number of ether oxygens (including phenoxy) is 1. The van der Waals surface area contributed by atoms with Crippen LogP contribution in [0.4, 0.5) is 8.78 Å². The Morgan fingerprint density at radius 2 is 1.80 bits per heavy atom. The Balaban J connectivity index is 2.55. The zero-order valence-corrected chi connectivity index (χ0v) is 13.0. The predicted molar refractivity (Wildman–Crippen MR) is 78.2 cm³/mol. The fourth-order valence-electron chi connectivity index (χ4n) is 1.96. The summed E-state index contributed by atoms with van der Waals surface area (Å²) in [5.74, 6) is -1.30. The van der Waals surface area contributed by atoms with Gasteiger partial charge in [0.15, 0.2) is 0 Å². The van der Waals surface area contributed by atoms with Crippen molar-refractivity contribution in [2.75, 3.05) is 14.2 Å². The molecule has 20 heavy (non-hydrogen) atoms. The molecule has 1 heterocycles. The standard InChI is InChI=1S/C13H11Cl2F2NOS/c1-18-12(7-5-10(14)20-13(7)15)11-8(16)3-6(19-2)4-9(11)17/h3-5,12,18H,1-2H3. The molecule has 0 amide bonds. The van der Waals surface area contributed by atoms with E-state index in [1.54, 1.807) is 13.1 Å². The molecule has 1 N–H and O–H groups in total. The molecule has 1 aromatic carbocycles. The first-order valence-electron chi connectivity index (χ1n) is 5.62. The molecule has 0 aliphatic rings. The summed E-state index contributed by atoms with van der Waals surface area (Å²) in [5, 5.41) is 2.85. The van der Waals surface area contributed by atoms with E-state index < -0.39 is 17.7 Å². The smallest absolute Gasteiger partial charge is 0.134 e. The quantitative estimate of drug-likeness (QED) is 0.876. The van der Waals surface area contributed by atoms with Crippen molar-refractivity contribution in [3.63, 3.8) is 0 Å². The summed E-state index contributed by atoms with van der Waals surface area (Å²) < 4.78 is 33.9. The van der Waals surface area contributed by atoms with Gasteiger partial charge in [-0.15, -0.1) is 11.3 Å². The van der Waals surface area contributed by atoms with Crippen molar-refractivity contribution in [2.45, 2.75) is 6.04 Å². The molecule has 1 atom stereocenters. The molecule has 2 rings (SSSR count). The number of benzene rings is 1. The van der Waals surface area contributed by atoms with Crippen molar-refractivity contribution in [1.29, 1.82) is 0 Å². The first kappa shape index (κ1) is 15.5. The van der Waals surface area contributed by atoms with Gasteiger partial charge < -0.3 is 10.1 Å². The Morgan fingerprint density at radius 1 is 1.20 bits per heavy atom. The van der Waals surface area contributed by atoms with Crippen molar-refractivity contribution >= 4 is 34.5 Å². The van der Waals surface area contributed by atoms with E-state index in [1.165, 1.54) is 7.11 Å². The maximum Gasteiger partial charge on any atom is 0.134 e. The van der Waals surface area contributed by atoms with Crippen molar-refractivity contribution in [3.05, 3.63) is 49.6 Å². The van der Waals surface area contributed by atoms with Crippen LogP contribution in [-0.2, 0) is 0 Å². The topological polar surface area (TPSA) is 21.3 Å². The van der Waals surface area contributed by atoms with Gasteiger partial charge in [0.2, 0.25) is 0 Å². The van der Waals surface area contributed by atoms with Gasteiger partial charge in [0.1, 0.15) is 17.4 Å². The van der Waals surface area contributed by atoms with Crippen molar-refractivity contribution in [1.82, 2.24) is 5.32 Å². The molecular weight excluding hydrogens is 327 g/mol. The van der Waals surface area contributed by atoms with Gasteiger partial charge in [0.25, 0.3) is 0 Å². The summed E-state index contributed by atoms with van der Waals surface area (Å²) in [6, 6.07) is 3.13. The lowest BCUT2D eigenvalue weighted by molar-refractivity contribution is 0.403. The van der Waals surface area contributed by atoms with Crippen molar-refractivity contribution in [3.8, 4) is 5.75 Å². The highest BCUT2D eigenvalue weighted by Gasteiger charge is 2.25. The second-order valence-corrected chi connectivity index (χ2v) is 6.29. The molecule has 0 saturated carbocycles. The molecule has 0 aliphatic heterocycles. The van der Waals surface area contributed by atoms with E-state index in [0.29, 0.717) is 14.2 Å². The number of halogens is 4. The minimum atomic E-state index is -0.725. The van der Waals surface area contributed by atoms with Crippen LogP contribution in [0.2, 0.25) is 8.67 Å².